The molecular formula is C15H23ClO3S. The molecule has 1 rings (SSSR count). The molecule has 1 aromatic carbocycles. The second kappa shape index (κ2) is 5.57. The molecule has 0 heterocycles. The fraction of sp³-hybridized carbons (Fsp3) is 0.600. The topological polar surface area (TPSA) is 43.4 Å². The lowest BCUT2D eigenvalue weighted by Crippen LogP contribution is -2.25. The molecular weight excluding hydrogens is 296 g/mol. The van der Waals surface area contributed by atoms with Gasteiger partial charge in [0.1, 0.15) is 10.6 Å². The molecule has 0 aliphatic rings. The van der Waals surface area contributed by atoms with Crippen molar-refractivity contribution in [1.29, 1.82) is 0 Å². The van der Waals surface area contributed by atoms with Crippen molar-refractivity contribution in [3.63, 3.8) is 0 Å². The van der Waals surface area contributed by atoms with E-state index in [1.807, 2.05) is 6.07 Å². The minimum atomic E-state index is -3.82. The molecule has 3 nitrogen and oxygen atoms in total. The SMILES string of the molecule is COc1ccc(C(C)(C)CC(C)(C)C)cc1S(=O)(=O)Cl. The van der Waals surface area contributed by atoms with Crippen molar-refractivity contribution < 1.29 is 13.2 Å². The number of benzene rings is 1. The number of hydrogen-bond acceptors (Lipinski definition) is 3. The lowest BCUT2D eigenvalue weighted by atomic mass is 9.72. The average Bonchev–Trinajstić information content (AvgIpc) is 2.23. The third-order valence-corrected chi connectivity index (χ3v) is 4.52. The van der Waals surface area contributed by atoms with Crippen molar-refractivity contribution in [2.75, 3.05) is 7.11 Å². The van der Waals surface area contributed by atoms with E-state index in [4.69, 9.17) is 15.4 Å². The van der Waals surface area contributed by atoms with Crippen LogP contribution in [-0.2, 0) is 14.5 Å². The first-order valence-corrected chi connectivity index (χ1v) is 8.81. The smallest absolute Gasteiger partial charge is 0.264 e. The number of hydrogen-bond donors (Lipinski definition) is 0. The molecule has 0 N–H and O–H groups in total. The summed E-state index contributed by atoms with van der Waals surface area (Å²) >= 11 is 0. The zero-order valence-corrected chi connectivity index (χ0v) is 14.5. The maximum atomic E-state index is 11.7. The molecule has 0 amide bonds. The van der Waals surface area contributed by atoms with Gasteiger partial charge in [-0.15, -0.1) is 0 Å². The van der Waals surface area contributed by atoms with Gasteiger partial charge in [0.2, 0.25) is 0 Å². The van der Waals surface area contributed by atoms with Crippen molar-refractivity contribution in [2.45, 2.75) is 51.3 Å². The minimum Gasteiger partial charge on any atom is -0.495 e. The molecule has 0 unspecified atom stereocenters. The Bertz CT molecular complexity index is 584. The van der Waals surface area contributed by atoms with Gasteiger partial charge in [0.05, 0.1) is 7.11 Å². The van der Waals surface area contributed by atoms with Gasteiger partial charge >= 0.3 is 0 Å². The van der Waals surface area contributed by atoms with Crippen LogP contribution < -0.4 is 4.74 Å². The average molecular weight is 319 g/mol. The molecule has 20 heavy (non-hydrogen) atoms. The Morgan fingerprint density at radius 3 is 2.10 bits per heavy atom. The second-order valence-electron chi connectivity index (χ2n) is 6.92. The van der Waals surface area contributed by atoms with E-state index in [2.05, 4.69) is 34.6 Å². The van der Waals surface area contributed by atoms with Gasteiger partial charge in [-0.05, 0) is 34.9 Å². The molecule has 0 radical (unpaired) electrons. The largest absolute Gasteiger partial charge is 0.495 e. The normalized spacial score (nSPS) is 13.3. The van der Waals surface area contributed by atoms with E-state index in [0.29, 0.717) is 0 Å². The van der Waals surface area contributed by atoms with Crippen LogP contribution in [0.3, 0.4) is 0 Å². The standard InChI is InChI=1S/C15H23ClO3S/c1-14(2,3)10-15(4,5)11-7-8-12(19-6)13(9-11)20(16,17)18/h7-9H,10H2,1-6H3. The van der Waals surface area contributed by atoms with Gasteiger partial charge in [-0.3, -0.25) is 0 Å². The Labute approximate surface area is 126 Å². The fourth-order valence-corrected chi connectivity index (χ4v) is 3.74. The van der Waals surface area contributed by atoms with Crippen molar-refractivity contribution in [1.82, 2.24) is 0 Å². The zero-order chi connectivity index (χ0) is 15.8. The first kappa shape index (κ1) is 17.3. The van der Waals surface area contributed by atoms with Crippen molar-refractivity contribution in [2.24, 2.45) is 5.41 Å². The van der Waals surface area contributed by atoms with Gasteiger partial charge in [0.25, 0.3) is 9.05 Å². The third-order valence-electron chi connectivity index (χ3n) is 3.18. The molecule has 0 aliphatic carbocycles. The number of halogens is 1. The fourth-order valence-electron chi connectivity index (χ4n) is 2.72. The first-order chi connectivity index (χ1) is 8.87. The Balaban J connectivity index is 3.35. The number of ether oxygens (including phenoxy) is 1. The van der Waals surface area contributed by atoms with E-state index in [0.717, 1.165) is 12.0 Å². The molecule has 0 bridgehead atoms. The zero-order valence-electron chi connectivity index (χ0n) is 13.0. The molecule has 0 aliphatic heterocycles. The van der Waals surface area contributed by atoms with Gasteiger partial charge in [0, 0.05) is 10.7 Å². The summed E-state index contributed by atoms with van der Waals surface area (Å²) in [6.45, 7) is 10.7. The number of methoxy groups -OCH3 is 1. The second-order valence-corrected chi connectivity index (χ2v) is 9.46. The summed E-state index contributed by atoms with van der Waals surface area (Å²) in [6, 6.07) is 5.18. The van der Waals surface area contributed by atoms with Crippen LogP contribution in [0.1, 0.15) is 46.6 Å². The van der Waals surface area contributed by atoms with Crippen LogP contribution in [0, 0.1) is 5.41 Å². The molecule has 0 spiro atoms. The van der Waals surface area contributed by atoms with E-state index in [9.17, 15) is 8.42 Å². The van der Waals surface area contributed by atoms with Crippen LogP contribution in [0.25, 0.3) is 0 Å². The van der Waals surface area contributed by atoms with E-state index in [-0.39, 0.29) is 21.5 Å². The van der Waals surface area contributed by atoms with Gasteiger partial charge < -0.3 is 4.74 Å². The van der Waals surface area contributed by atoms with Gasteiger partial charge in [-0.25, -0.2) is 8.42 Å². The van der Waals surface area contributed by atoms with E-state index in [1.54, 1.807) is 12.1 Å². The summed E-state index contributed by atoms with van der Waals surface area (Å²) in [5, 5.41) is 0. The van der Waals surface area contributed by atoms with Gasteiger partial charge in [-0.2, -0.15) is 0 Å². The summed E-state index contributed by atoms with van der Waals surface area (Å²) in [6.07, 6.45) is 0.925. The highest BCUT2D eigenvalue weighted by Crippen LogP contribution is 2.39. The van der Waals surface area contributed by atoms with E-state index < -0.39 is 9.05 Å². The summed E-state index contributed by atoms with van der Waals surface area (Å²) in [5.41, 5.74) is 0.928. The third kappa shape index (κ3) is 4.38. The Hall–Kier alpha value is -0.740. The summed E-state index contributed by atoms with van der Waals surface area (Å²) in [5.74, 6) is 0.273. The first-order valence-electron chi connectivity index (χ1n) is 6.50. The van der Waals surface area contributed by atoms with Crippen LogP contribution in [0.15, 0.2) is 23.1 Å². The molecule has 5 heteroatoms. The van der Waals surface area contributed by atoms with Crippen molar-refractivity contribution >= 4 is 19.7 Å². The summed E-state index contributed by atoms with van der Waals surface area (Å²) in [7, 11) is 3.10. The molecule has 114 valence electrons. The highest BCUT2D eigenvalue weighted by Gasteiger charge is 2.29. The van der Waals surface area contributed by atoms with Gasteiger partial charge in [-0.1, -0.05) is 40.7 Å². The summed E-state index contributed by atoms with van der Waals surface area (Å²) in [4.78, 5) is 0.0288. The van der Waals surface area contributed by atoms with Gasteiger partial charge in [0.15, 0.2) is 0 Å². The van der Waals surface area contributed by atoms with Crippen molar-refractivity contribution in [3.05, 3.63) is 23.8 Å². The van der Waals surface area contributed by atoms with Crippen LogP contribution in [-0.4, -0.2) is 15.5 Å². The van der Waals surface area contributed by atoms with Crippen LogP contribution in [0.5, 0.6) is 5.75 Å². The van der Waals surface area contributed by atoms with Crippen LogP contribution in [0.2, 0.25) is 0 Å². The van der Waals surface area contributed by atoms with Crippen LogP contribution in [0.4, 0.5) is 0 Å². The monoisotopic (exact) mass is 318 g/mol. The lowest BCUT2D eigenvalue weighted by molar-refractivity contribution is 0.283. The Morgan fingerprint density at radius 2 is 1.70 bits per heavy atom. The molecule has 0 fully saturated rings. The van der Waals surface area contributed by atoms with E-state index in [1.165, 1.54) is 7.11 Å². The predicted molar refractivity (Wildman–Crippen MR) is 83.1 cm³/mol. The quantitative estimate of drug-likeness (QED) is 0.776. The van der Waals surface area contributed by atoms with Crippen LogP contribution >= 0.6 is 10.7 Å². The molecule has 0 atom stereocenters. The molecule has 0 saturated heterocycles. The highest BCUT2D eigenvalue weighted by molar-refractivity contribution is 8.13. The van der Waals surface area contributed by atoms with E-state index >= 15 is 0 Å². The number of rotatable bonds is 4. The molecule has 0 aromatic heterocycles. The Kier molecular flexibility index (Phi) is 4.82. The highest BCUT2D eigenvalue weighted by atomic mass is 35.7. The predicted octanol–water partition coefficient (Wildman–Crippen LogP) is 4.34. The van der Waals surface area contributed by atoms with Crippen molar-refractivity contribution in [3.8, 4) is 5.75 Å². The minimum absolute atomic E-state index is 0.0288. The molecule has 0 saturated carbocycles. The Morgan fingerprint density at radius 1 is 1.15 bits per heavy atom. The summed E-state index contributed by atoms with van der Waals surface area (Å²) < 4.78 is 28.4. The maximum absolute atomic E-state index is 11.7. The molecule has 1 aromatic rings. The lowest BCUT2D eigenvalue weighted by Gasteiger charge is -2.33. The maximum Gasteiger partial charge on any atom is 0.264 e.